The third-order valence-electron chi connectivity index (χ3n) is 2.48. The van der Waals surface area contributed by atoms with E-state index in [0.717, 1.165) is 11.3 Å². The second kappa shape index (κ2) is 8.44. The van der Waals surface area contributed by atoms with Crippen molar-refractivity contribution in [3.05, 3.63) is 15.8 Å². The van der Waals surface area contributed by atoms with E-state index >= 15 is 0 Å². The van der Waals surface area contributed by atoms with Crippen LogP contribution in [0.15, 0.2) is 11.0 Å². The topological polar surface area (TPSA) is 105 Å². The summed E-state index contributed by atoms with van der Waals surface area (Å²) in [4.78, 5) is 12.4. The third kappa shape index (κ3) is 6.10. The number of hydrogen-bond donors (Lipinski definition) is 1. The van der Waals surface area contributed by atoms with Crippen LogP contribution in [0.1, 0.15) is 21.0 Å². The molecule has 1 aromatic heterocycles. The Morgan fingerprint density at radius 1 is 1.29 bits per heavy atom. The first-order valence-electron chi connectivity index (χ1n) is 6.23. The number of nitrogens with two attached hydrogens (primary N) is 1. The molecule has 120 valence electrons. The first-order chi connectivity index (χ1) is 9.86. The SMILES string of the molecule is COCCOCCCOC(=O)c1cc(S(N)(=O)=O)c(C)s1. The number of carbonyl (C=O) groups is 1. The number of esters is 1. The number of primary sulfonamides is 1. The molecule has 0 amide bonds. The molecule has 0 aliphatic rings. The molecule has 0 bridgehead atoms. The molecule has 0 fully saturated rings. The molecule has 7 nitrogen and oxygen atoms in total. The predicted octanol–water partition coefficient (Wildman–Crippen LogP) is 0.914. The van der Waals surface area contributed by atoms with Crippen molar-refractivity contribution in [3.8, 4) is 0 Å². The summed E-state index contributed by atoms with van der Waals surface area (Å²) in [6, 6.07) is 1.24. The zero-order valence-electron chi connectivity index (χ0n) is 12.0. The van der Waals surface area contributed by atoms with Crippen LogP contribution in [-0.4, -0.2) is 47.9 Å². The van der Waals surface area contributed by atoms with E-state index in [0.29, 0.717) is 31.1 Å². The minimum Gasteiger partial charge on any atom is -0.461 e. The molecule has 0 saturated carbocycles. The fraction of sp³-hybridized carbons (Fsp3) is 0.583. The Morgan fingerprint density at radius 2 is 2.00 bits per heavy atom. The van der Waals surface area contributed by atoms with Crippen LogP contribution in [0.3, 0.4) is 0 Å². The van der Waals surface area contributed by atoms with Crippen molar-refractivity contribution in [1.82, 2.24) is 0 Å². The molecule has 1 aromatic rings. The Bertz CT molecular complexity index is 566. The quantitative estimate of drug-likeness (QED) is 0.530. The number of methoxy groups -OCH3 is 1. The first kappa shape index (κ1) is 18.1. The monoisotopic (exact) mass is 337 g/mol. The average molecular weight is 337 g/mol. The van der Waals surface area contributed by atoms with Crippen LogP contribution in [-0.2, 0) is 24.2 Å². The summed E-state index contributed by atoms with van der Waals surface area (Å²) in [6.07, 6.45) is 0.557. The molecule has 0 aliphatic carbocycles. The molecule has 0 radical (unpaired) electrons. The predicted molar refractivity (Wildman–Crippen MR) is 78.0 cm³/mol. The van der Waals surface area contributed by atoms with Gasteiger partial charge in [0.05, 0.1) is 24.7 Å². The summed E-state index contributed by atoms with van der Waals surface area (Å²) < 4.78 is 37.6. The van der Waals surface area contributed by atoms with Crippen LogP contribution in [0.25, 0.3) is 0 Å². The van der Waals surface area contributed by atoms with Crippen molar-refractivity contribution in [3.63, 3.8) is 0 Å². The summed E-state index contributed by atoms with van der Waals surface area (Å²) in [7, 11) is -2.23. The van der Waals surface area contributed by atoms with Gasteiger partial charge in [0.2, 0.25) is 10.0 Å². The van der Waals surface area contributed by atoms with Crippen LogP contribution < -0.4 is 5.14 Å². The molecule has 0 unspecified atom stereocenters. The van der Waals surface area contributed by atoms with Crippen molar-refractivity contribution in [1.29, 1.82) is 0 Å². The minimum absolute atomic E-state index is 0.0395. The van der Waals surface area contributed by atoms with E-state index in [9.17, 15) is 13.2 Å². The second-order valence-corrected chi connectivity index (χ2v) is 6.96. The number of rotatable bonds is 9. The van der Waals surface area contributed by atoms with Gasteiger partial charge in [-0.15, -0.1) is 11.3 Å². The summed E-state index contributed by atoms with van der Waals surface area (Å²) in [5.74, 6) is -0.560. The molecule has 0 aliphatic heterocycles. The number of hydrogen-bond acceptors (Lipinski definition) is 7. The Hall–Kier alpha value is -1.00. The molecule has 0 atom stereocenters. The summed E-state index contributed by atoms with van der Waals surface area (Å²) in [6.45, 7) is 3.26. The fourth-order valence-electron chi connectivity index (χ4n) is 1.49. The van der Waals surface area contributed by atoms with Gasteiger partial charge in [0, 0.05) is 25.0 Å². The molecule has 1 rings (SSSR count). The lowest BCUT2D eigenvalue weighted by atomic mass is 10.4. The highest BCUT2D eigenvalue weighted by Crippen LogP contribution is 2.25. The maximum absolute atomic E-state index is 11.8. The van der Waals surface area contributed by atoms with E-state index < -0.39 is 16.0 Å². The van der Waals surface area contributed by atoms with Gasteiger partial charge in [-0.05, 0) is 13.0 Å². The van der Waals surface area contributed by atoms with E-state index in [-0.39, 0.29) is 16.4 Å². The molecule has 0 aromatic carbocycles. The number of sulfonamides is 1. The largest absolute Gasteiger partial charge is 0.461 e. The molecule has 0 spiro atoms. The normalized spacial score (nSPS) is 11.6. The lowest BCUT2D eigenvalue weighted by molar-refractivity contribution is 0.0389. The fourth-order valence-corrected chi connectivity index (χ4v) is 3.53. The van der Waals surface area contributed by atoms with E-state index in [1.807, 2.05) is 0 Å². The summed E-state index contributed by atoms with van der Waals surface area (Å²) in [5, 5.41) is 5.05. The van der Waals surface area contributed by atoms with Gasteiger partial charge in [-0.3, -0.25) is 0 Å². The second-order valence-electron chi connectivity index (χ2n) is 4.17. The molecule has 21 heavy (non-hydrogen) atoms. The number of ether oxygens (including phenoxy) is 3. The van der Waals surface area contributed by atoms with Crippen LogP contribution in [0.4, 0.5) is 0 Å². The smallest absolute Gasteiger partial charge is 0.348 e. The molecule has 0 saturated heterocycles. The van der Waals surface area contributed by atoms with Crippen molar-refractivity contribution in [2.24, 2.45) is 5.14 Å². The lowest BCUT2D eigenvalue weighted by Crippen LogP contribution is -2.12. The first-order valence-corrected chi connectivity index (χ1v) is 8.59. The highest BCUT2D eigenvalue weighted by Gasteiger charge is 2.19. The van der Waals surface area contributed by atoms with Crippen LogP contribution in [0, 0.1) is 6.92 Å². The Labute approximate surface area is 128 Å². The third-order valence-corrected chi connectivity index (χ3v) is 4.67. The highest BCUT2D eigenvalue weighted by atomic mass is 32.2. The van der Waals surface area contributed by atoms with E-state index in [4.69, 9.17) is 19.3 Å². The van der Waals surface area contributed by atoms with E-state index in [1.54, 1.807) is 14.0 Å². The van der Waals surface area contributed by atoms with Gasteiger partial charge in [0.15, 0.2) is 0 Å². The lowest BCUT2D eigenvalue weighted by Gasteiger charge is -2.04. The van der Waals surface area contributed by atoms with E-state index in [1.165, 1.54) is 6.07 Å². The van der Waals surface area contributed by atoms with Crippen LogP contribution in [0.5, 0.6) is 0 Å². The van der Waals surface area contributed by atoms with Gasteiger partial charge < -0.3 is 14.2 Å². The van der Waals surface area contributed by atoms with Crippen LogP contribution in [0.2, 0.25) is 0 Å². The van der Waals surface area contributed by atoms with Crippen molar-refractivity contribution in [2.75, 3.05) is 33.5 Å². The number of thiophene rings is 1. The van der Waals surface area contributed by atoms with Gasteiger partial charge in [-0.2, -0.15) is 0 Å². The van der Waals surface area contributed by atoms with Crippen LogP contribution >= 0.6 is 11.3 Å². The van der Waals surface area contributed by atoms with Gasteiger partial charge in [-0.1, -0.05) is 0 Å². The summed E-state index contributed by atoms with van der Waals surface area (Å²) in [5.41, 5.74) is 0. The zero-order valence-corrected chi connectivity index (χ0v) is 13.6. The zero-order chi connectivity index (χ0) is 15.9. The van der Waals surface area contributed by atoms with Crippen molar-refractivity contribution in [2.45, 2.75) is 18.2 Å². The maximum Gasteiger partial charge on any atom is 0.348 e. The Kier molecular flexibility index (Phi) is 7.26. The van der Waals surface area contributed by atoms with Gasteiger partial charge in [0.25, 0.3) is 0 Å². The Morgan fingerprint density at radius 3 is 2.57 bits per heavy atom. The molecular weight excluding hydrogens is 318 g/mol. The molecule has 2 N–H and O–H groups in total. The van der Waals surface area contributed by atoms with Crippen molar-refractivity contribution >= 4 is 27.3 Å². The van der Waals surface area contributed by atoms with Gasteiger partial charge in [0.1, 0.15) is 4.88 Å². The molecule has 1 heterocycles. The van der Waals surface area contributed by atoms with Gasteiger partial charge >= 0.3 is 5.97 Å². The minimum atomic E-state index is -3.81. The Balaban J connectivity index is 2.40. The standard InChI is InChI=1S/C12H19NO6S2/c1-9-11(21(13,15)16)8-10(20-9)12(14)19-5-3-4-18-7-6-17-2/h8H,3-7H2,1-2H3,(H2,13,15,16). The average Bonchev–Trinajstić information content (AvgIpc) is 2.79. The number of aryl methyl sites for hydroxylation is 1. The van der Waals surface area contributed by atoms with Gasteiger partial charge in [-0.25, -0.2) is 18.4 Å². The maximum atomic E-state index is 11.8. The molecule has 9 heteroatoms. The number of carbonyl (C=O) groups excluding carboxylic acids is 1. The van der Waals surface area contributed by atoms with E-state index in [2.05, 4.69) is 0 Å². The molecular formula is C12H19NO6S2. The van der Waals surface area contributed by atoms with Crippen molar-refractivity contribution < 1.29 is 27.4 Å². The summed E-state index contributed by atoms with van der Waals surface area (Å²) >= 11 is 1.04. The highest BCUT2D eigenvalue weighted by molar-refractivity contribution is 7.89.